The molecule has 5 rings (SSSR count). The van der Waals surface area contributed by atoms with Crippen molar-refractivity contribution >= 4 is 23.8 Å². The Hall–Kier alpha value is -3.20. The van der Waals surface area contributed by atoms with Crippen molar-refractivity contribution in [1.29, 1.82) is 0 Å². The van der Waals surface area contributed by atoms with Gasteiger partial charge in [0, 0.05) is 37.3 Å². The van der Waals surface area contributed by atoms with Gasteiger partial charge >= 0.3 is 6.09 Å². The van der Waals surface area contributed by atoms with Crippen molar-refractivity contribution in [3.63, 3.8) is 0 Å². The van der Waals surface area contributed by atoms with E-state index in [1.807, 2.05) is 37.3 Å². The number of ether oxygens (including phenoxy) is 1. The fourth-order valence-electron chi connectivity index (χ4n) is 5.39. The van der Waals surface area contributed by atoms with Gasteiger partial charge in [-0.1, -0.05) is 30.3 Å². The lowest BCUT2D eigenvalue weighted by molar-refractivity contribution is -0.120. The third-order valence-corrected chi connectivity index (χ3v) is 7.43. The molecule has 2 aliphatic heterocycles. The van der Waals surface area contributed by atoms with Crippen molar-refractivity contribution in [1.82, 2.24) is 14.9 Å². The van der Waals surface area contributed by atoms with Crippen LogP contribution in [0.2, 0.25) is 0 Å². The third-order valence-electron chi connectivity index (χ3n) is 7.43. The van der Waals surface area contributed by atoms with E-state index in [4.69, 9.17) is 9.72 Å². The highest BCUT2D eigenvalue weighted by molar-refractivity contribution is 5.96. The van der Waals surface area contributed by atoms with E-state index < -0.39 is 5.60 Å². The average molecular weight is 480 g/mol. The average Bonchev–Trinajstić information content (AvgIpc) is 3.22. The number of aryl methyl sites for hydroxylation is 1. The van der Waals surface area contributed by atoms with Crippen molar-refractivity contribution in [3.8, 4) is 0 Å². The van der Waals surface area contributed by atoms with Crippen molar-refractivity contribution in [2.24, 2.45) is 0 Å². The fourth-order valence-corrected chi connectivity index (χ4v) is 5.39. The summed E-state index contributed by atoms with van der Waals surface area (Å²) in [5.74, 6) is 1.11. The lowest BCUT2D eigenvalue weighted by Gasteiger charge is -2.39. The lowest BCUT2D eigenvalue weighted by Crippen LogP contribution is -2.52. The Morgan fingerprint density at radius 3 is 2.69 bits per heavy atom. The van der Waals surface area contributed by atoms with Crippen molar-refractivity contribution in [2.75, 3.05) is 23.3 Å². The molecule has 2 amide bonds. The predicted molar refractivity (Wildman–Crippen MR) is 131 cm³/mol. The van der Waals surface area contributed by atoms with Crippen LogP contribution in [0.5, 0.6) is 0 Å². The maximum atomic E-state index is 12.9. The number of fused-ring (bicyclic) bond motifs is 1. The Morgan fingerprint density at radius 1 is 1.20 bits per heavy atom. The van der Waals surface area contributed by atoms with Crippen LogP contribution in [-0.4, -0.2) is 62.7 Å². The molecule has 186 valence electrons. The first-order valence-corrected chi connectivity index (χ1v) is 12.5. The minimum atomic E-state index is -0.912. The first-order valence-electron chi connectivity index (χ1n) is 12.5. The monoisotopic (exact) mass is 479 g/mol. The molecule has 2 atom stereocenters. The molecule has 1 saturated carbocycles. The van der Waals surface area contributed by atoms with E-state index in [9.17, 15) is 14.7 Å². The SMILES string of the molecule is C[C@@]1(O)CCC[C@H]1N1C(=O)CCc2cnc(NC3CCN(C(=O)OCc4ccccc4)CC3)nc21. The molecule has 9 nitrogen and oxygen atoms in total. The first-order chi connectivity index (χ1) is 16.9. The van der Waals surface area contributed by atoms with Crippen molar-refractivity contribution < 1.29 is 19.4 Å². The van der Waals surface area contributed by atoms with Crippen LogP contribution in [0.3, 0.4) is 0 Å². The maximum Gasteiger partial charge on any atom is 0.410 e. The summed E-state index contributed by atoms with van der Waals surface area (Å²) < 4.78 is 5.45. The van der Waals surface area contributed by atoms with Gasteiger partial charge in [-0.05, 0) is 51.0 Å². The van der Waals surface area contributed by atoms with Gasteiger partial charge in [-0.3, -0.25) is 9.69 Å². The van der Waals surface area contributed by atoms with Crippen LogP contribution < -0.4 is 10.2 Å². The molecule has 0 spiro atoms. The van der Waals surface area contributed by atoms with Gasteiger partial charge < -0.3 is 20.1 Å². The number of anilines is 2. The van der Waals surface area contributed by atoms with Crippen molar-refractivity contribution in [3.05, 3.63) is 47.7 Å². The second-order valence-corrected chi connectivity index (χ2v) is 10.0. The highest BCUT2D eigenvalue weighted by atomic mass is 16.6. The number of nitrogens with zero attached hydrogens (tertiary/aromatic N) is 4. The van der Waals surface area contributed by atoms with Gasteiger partial charge in [-0.15, -0.1) is 0 Å². The summed E-state index contributed by atoms with van der Waals surface area (Å²) in [5, 5.41) is 14.3. The lowest BCUT2D eigenvalue weighted by atomic mass is 9.95. The summed E-state index contributed by atoms with van der Waals surface area (Å²) in [7, 11) is 0. The van der Waals surface area contributed by atoms with Gasteiger partial charge in [0.1, 0.15) is 12.4 Å². The highest BCUT2D eigenvalue weighted by Gasteiger charge is 2.45. The molecular formula is C26H33N5O4. The van der Waals surface area contributed by atoms with Gasteiger partial charge in [0.2, 0.25) is 11.9 Å². The minimum absolute atomic E-state index is 0.0108. The number of benzene rings is 1. The van der Waals surface area contributed by atoms with Gasteiger partial charge in [0.15, 0.2) is 0 Å². The summed E-state index contributed by atoms with van der Waals surface area (Å²) in [6.45, 7) is 3.26. The molecule has 0 unspecified atom stereocenters. The highest BCUT2D eigenvalue weighted by Crippen LogP contribution is 2.39. The van der Waals surface area contributed by atoms with E-state index in [0.717, 1.165) is 36.8 Å². The second-order valence-electron chi connectivity index (χ2n) is 10.0. The number of rotatable bonds is 5. The zero-order valence-electron chi connectivity index (χ0n) is 20.2. The number of carbonyl (C=O) groups excluding carboxylic acids is 2. The Kier molecular flexibility index (Phi) is 6.60. The zero-order chi connectivity index (χ0) is 24.4. The molecule has 2 fully saturated rings. The fraction of sp³-hybridized carbons (Fsp3) is 0.538. The summed E-state index contributed by atoms with van der Waals surface area (Å²) in [5.41, 5.74) is 0.993. The van der Waals surface area contributed by atoms with Crippen LogP contribution in [0.1, 0.15) is 56.6 Å². The number of piperidine rings is 1. The standard InChI is InChI=1S/C26H33N5O4/c1-26(34)13-5-8-21(26)31-22(32)10-9-19-16-27-24(29-23(19)31)28-20-11-14-30(15-12-20)25(33)35-17-18-6-3-2-4-7-18/h2-4,6-7,16,20-21,34H,5,8-15,17H2,1H3,(H,27,28,29)/t21-,26-/m1/s1. The molecule has 2 N–H and O–H groups in total. The predicted octanol–water partition coefficient (Wildman–Crippen LogP) is 3.27. The van der Waals surface area contributed by atoms with Gasteiger partial charge in [0.25, 0.3) is 0 Å². The van der Waals surface area contributed by atoms with Crippen LogP contribution in [0, 0.1) is 0 Å². The van der Waals surface area contributed by atoms with Crippen molar-refractivity contribution in [2.45, 2.75) is 76.2 Å². The summed E-state index contributed by atoms with van der Waals surface area (Å²) >= 11 is 0. The summed E-state index contributed by atoms with van der Waals surface area (Å²) in [4.78, 5) is 38.0. The molecule has 35 heavy (non-hydrogen) atoms. The molecule has 1 aromatic carbocycles. The number of hydrogen-bond donors (Lipinski definition) is 2. The molecule has 0 bridgehead atoms. The Morgan fingerprint density at radius 2 is 1.97 bits per heavy atom. The van der Waals surface area contributed by atoms with Crippen LogP contribution in [-0.2, 0) is 22.6 Å². The molecule has 2 aromatic rings. The second kappa shape index (κ2) is 9.81. The minimum Gasteiger partial charge on any atom is -0.445 e. The smallest absolute Gasteiger partial charge is 0.410 e. The van der Waals surface area contributed by atoms with Crippen LogP contribution in [0.25, 0.3) is 0 Å². The van der Waals surface area contributed by atoms with Gasteiger partial charge in [-0.2, -0.15) is 4.98 Å². The van der Waals surface area contributed by atoms with Crippen LogP contribution in [0.15, 0.2) is 36.5 Å². The van der Waals surface area contributed by atoms with Crippen LogP contribution >= 0.6 is 0 Å². The Balaban J connectivity index is 1.19. The van der Waals surface area contributed by atoms with Gasteiger partial charge in [-0.25, -0.2) is 9.78 Å². The number of carbonyl (C=O) groups is 2. The largest absolute Gasteiger partial charge is 0.445 e. The van der Waals surface area contributed by atoms with E-state index in [2.05, 4.69) is 10.3 Å². The number of aliphatic hydroxyl groups is 1. The molecular weight excluding hydrogens is 446 g/mol. The third kappa shape index (κ3) is 5.10. The summed E-state index contributed by atoms with van der Waals surface area (Å²) in [6.07, 6.45) is 6.36. The number of aromatic nitrogens is 2. The number of nitrogens with one attached hydrogen (secondary N) is 1. The molecule has 0 radical (unpaired) electrons. The number of hydrogen-bond acceptors (Lipinski definition) is 7. The Labute approximate surface area is 205 Å². The molecule has 3 aliphatic rings. The van der Waals surface area contributed by atoms with E-state index in [1.54, 1.807) is 16.0 Å². The maximum absolute atomic E-state index is 12.9. The molecule has 3 heterocycles. The number of amides is 2. The van der Waals surface area contributed by atoms with E-state index in [-0.39, 0.29) is 30.7 Å². The molecule has 1 aromatic heterocycles. The Bertz CT molecular complexity index is 1070. The molecule has 9 heteroatoms. The molecule has 1 saturated heterocycles. The summed E-state index contributed by atoms with van der Waals surface area (Å²) in [6, 6.07) is 9.51. The first kappa shape index (κ1) is 23.5. The van der Waals surface area contributed by atoms with Gasteiger partial charge in [0.05, 0.1) is 11.6 Å². The zero-order valence-corrected chi connectivity index (χ0v) is 20.2. The van der Waals surface area contributed by atoms with E-state index in [1.165, 1.54) is 0 Å². The van der Waals surface area contributed by atoms with E-state index in [0.29, 0.717) is 44.1 Å². The van der Waals surface area contributed by atoms with Crippen LogP contribution in [0.4, 0.5) is 16.6 Å². The quantitative estimate of drug-likeness (QED) is 0.678. The molecule has 1 aliphatic carbocycles. The normalized spacial score (nSPS) is 24.9. The topological polar surface area (TPSA) is 108 Å². The van der Waals surface area contributed by atoms with E-state index >= 15 is 0 Å². The number of likely N-dealkylation sites (tertiary alicyclic amines) is 1.